The minimum atomic E-state index is 0.401. The summed E-state index contributed by atoms with van der Waals surface area (Å²) in [5, 5.41) is 17.1. The van der Waals surface area contributed by atoms with E-state index in [1.165, 1.54) is 0 Å². The molecule has 22 heavy (non-hydrogen) atoms. The van der Waals surface area contributed by atoms with E-state index >= 15 is 0 Å². The third-order valence-electron chi connectivity index (χ3n) is 4.16. The Bertz CT molecular complexity index is 754. The molecule has 3 aromatic heterocycles. The number of piperidine rings is 1. The summed E-state index contributed by atoms with van der Waals surface area (Å²) in [4.78, 5) is 11.8. The van der Waals surface area contributed by atoms with Gasteiger partial charge in [-0.05, 0) is 33.0 Å². The van der Waals surface area contributed by atoms with E-state index in [1.807, 2.05) is 6.07 Å². The fourth-order valence-corrected chi connectivity index (χ4v) is 2.85. The van der Waals surface area contributed by atoms with Crippen molar-refractivity contribution in [2.24, 2.45) is 0 Å². The van der Waals surface area contributed by atoms with Gasteiger partial charge < -0.3 is 10.2 Å². The Hall–Kier alpha value is -2.48. The quantitative estimate of drug-likeness (QED) is 0.680. The lowest BCUT2D eigenvalue weighted by molar-refractivity contribution is 0.251. The van der Waals surface area contributed by atoms with Crippen molar-refractivity contribution in [2.75, 3.05) is 25.5 Å². The fourth-order valence-electron chi connectivity index (χ4n) is 2.85. The number of hydrogen-bond acceptors (Lipinski definition) is 6. The van der Waals surface area contributed by atoms with Crippen LogP contribution < -0.4 is 5.32 Å². The van der Waals surface area contributed by atoms with E-state index in [4.69, 9.17) is 4.98 Å². The average Bonchev–Trinajstić information content (AvgIpc) is 3.19. The third kappa shape index (κ3) is 2.41. The number of aromatic nitrogens is 6. The maximum absolute atomic E-state index is 4.74. The van der Waals surface area contributed by atoms with Gasteiger partial charge in [-0.3, -0.25) is 10.2 Å². The normalized spacial score (nSPS) is 17.1. The molecule has 1 saturated heterocycles. The molecular weight excluding hydrogens is 280 g/mol. The molecule has 1 aliphatic rings. The Labute approximate surface area is 127 Å². The van der Waals surface area contributed by atoms with Gasteiger partial charge in [0.05, 0.1) is 12.4 Å². The number of fused-ring (bicyclic) bond motifs is 1. The van der Waals surface area contributed by atoms with E-state index in [9.17, 15) is 0 Å². The molecule has 0 atom stereocenters. The molecule has 0 bridgehead atoms. The van der Waals surface area contributed by atoms with E-state index in [2.05, 4.69) is 42.6 Å². The smallest absolute Gasteiger partial charge is 0.161 e. The van der Waals surface area contributed by atoms with Crippen LogP contribution in [0.25, 0.3) is 11.0 Å². The van der Waals surface area contributed by atoms with Crippen LogP contribution in [-0.2, 0) is 0 Å². The van der Waals surface area contributed by atoms with Gasteiger partial charge >= 0.3 is 0 Å². The molecule has 0 aliphatic carbocycles. The van der Waals surface area contributed by atoms with Crippen LogP contribution in [0.4, 0.5) is 11.6 Å². The minimum Gasteiger partial charge on any atom is -0.323 e. The summed E-state index contributed by atoms with van der Waals surface area (Å²) < 4.78 is 0. The molecule has 1 fully saturated rings. The van der Waals surface area contributed by atoms with Crippen molar-refractivity contribution in [3.8, 4) is 0 Å². The van der Waals surface area contributed by atoms with Gasteiger partial charge in [-0.25, -0.2) is 9.97 Å². The highest BCUT2D eigenvalue weighted by Crippen LogP contribution is 2.29. The summed E-state index contributed by atoms with van der Waals surface area (Å²) in [6, 6.07) is 1.86. The van der Waals surface area contributed by atoms with Gasteiger partial charge in [-0.1, -0.05) is 0 Å². The second-order valence-electron chi connectivity index (χ2n) is 5.73. The van der Waals surface area contributed by atoms with Crippen LogP contribution in [-0.4, -0.2) is 55.4 Å². The summed E-state index contributed by atoms with van der Waals surface area (Å²) in [6.45, 7) is 2.17. The number of likely N-dealkylation sites (tertiary alicyclic amines) is 1. The van der Waals surface area contributed by atoms with Crippen LogP contribution >= 0.6 is 0 Å². The number of hydrogen-bond donors (Lipinski definition) is 3. The first-order valence-corrected chi connectivity index (χ1v) is 7.45. The fraction of sp³-hybridized carbons (Fsp3) is 0.429. The maximum atomic E-state index is 4.74. The molecule has 0 amide bonds. The number of rotatable bonds is 3. The molecule has 1 aliphatic heterocycles. The summed E-state index contributed by atoms with van der Waals surface area (Å²) >= 11 is 0. The third-order valence-corrected chi connectivity index (χ3v) is 4.16. The van der Waals surface area contributed by atoms with Crippen molar-refractivity contribution in [1.29, 1.82) is 0 Å². The zero-order valence-electron chi connectivity index (χ0n) is 12.4. The zero-order chi connectivity index (χ0) is 14.9. The second kappa shape index (κ2) is 5.38. The largest absolute Gasteiger partial charge is 0.323 e. The van der Waals surface area contributed by atoms with Crippen molar-refractivity contribution in [3.05, 3.63) is 24.3 Å². The first kappa shape index (κ1) is 13.2. The van der Waals surface area contributed by atoms with Gasteiger partial charge in [0.25, 0.3) is 0 Å². The highest BCUT2D eigenvalue weighted by molar-refractivity contribution is 5.86. The van der Waals surface area contributed by atoms with Gasteiger partial charge in [0.2, 0.25) is 0 Å². The Balaban J connectivity index is 1.70. The molecule has 0 saturated carbocycles. The lowest BCUT2D eigenvalue weighted by Crippen LogP contribution is -2.30. The van der Waals surface area contributed by atoms with Crippen LogP contribution in [0, 0.1) is 0 Å². The number of nitrogens with one attached hydrogen (secondary N) is 3. The summed E-state index contributed by atoms with van der Waals surface area (Å²) in [5.74, 6) is 2.83. The van der Waals surface area contributed by atoms with Gasteiger partial charge in [0.1, 0.15) is 22.7 Å². The molecule has 8 heteroatoms. The van der Waals surface area contributed by atoms with Crippen LogP contribution in [0.15, 0.2) is 18.5 Å². The molecule has 3 aromatic rings. The number of aromatic amines is 2. The molecule has 0 spiro atoms. The molecule has 4 heterocycles. The zero-order valence-corrected chi connectivity index (χ0v) is 12.4. The van der Waals surface area contributed by atoms with Crippen LogP contribution in [0.3, 0.4) is 0 Å². The highest BCUT2D eigenvalue weighted by atomic mass is 15.2. The predicted molar refractivity (Wildman–Crippen MR) is 83.0 cm³/mol. The monoisotopic (exact) mass is 298 g/mol. The van der Waals surface area contributed by atoms with Gasteiger partial charge in [0, 0.05) is 12.0 Å². The molecule has 0 radical (unpaired) electrons. The number of H-pyrrole nitrogens is 2. The van der Waals surface area contributed by atoms with Crippen molar-refractivity contribution in [2.45, 2.75) is 18.8 Å². The maximum Gasteiger partial charge on any atom is 0.161 e. The Morgan fingerprint density at radius 3 is 2.82 bits per heavy atom. The highest BCUT2D eigenvalue weighted by Gasteiger charge is 2.22. The Morgan fingerprint density at radius 2 is 2.05 bits per heavy atom. The lowest BCUT2D eigenvalue weighted by Gasteiger charge is -2.28. The molecule has 3 N–H and O–H groups in total. The number of nitrogens with zero attached hydrogens (tertiary/aromatic N) is 5. The SMILES string of the molecule is CN1CCC(c2nc(Nc3ccn[nH]3)c3[nH]ncc3n2)CC1. The summed E-state index contributed by atoms with van der Waals surface area (Å²) in [6.07, 6.45) is 5.62. The number of anilines is 2. The van der Waals surface area contributed by atoms with Crippen LogP contribution in [0.5, 0.6) is 0 Å². The summed E-state index contributed by atoms with van der Waals surface area (Å²) in [7, 11) is 2.15. The summed E-state index contributed by atoms with van der Waals surface area (Å²) in [5.41, 5.74) is 1.65. The van der Waals surface area contributed by atoms with E-state index in [0.29, 0.717) is 5.92 Å². The molecule has 8 nitrogen and oxygen atoms in total. The average molecular weight is 298 g/mol. The first-order chi connectivity index (χ1) is 10.8. The van der Waals surface area contributed by atoms with Gasteiger partial charge in [-0.15, -0.1) is 0 Å². The topological polar surface area (TPSA) is 98.4 Å². The molecule has 4 rings (SSSR count). The molecular formula is C14H18N8. The van der Waals surface area contributed by atoms with Crippen molar-refractivity contribution < 1.29 is 0 Å². The Morgan fingerprint density at radius 1 is 1.18 bits per heavy atom. The van der Waals surface area contributed by atoms with E-state index in [1.54, 1.807) is 12.4 Å². The predicted octanol–water partition coefficient (Wildman–Crippen LogP) is 1.63. The molecule has 0 aromatic carbocycles. The van der Waals surface area contributed by atoms with Gasteiger partial charge in [-0.2, -0.15) is 10.2 Å². The van der Waals surface area contributed by atoms with E-state index in [-0.39, 0.29) is 0 Å². The first-order valence-electron chi connectivity index (χ1n) is 7.45. The van der Waals surface area contributed by atoms with Crippen molar-refractivity contribution >= 4 is 22.7 Å². The van der Waals surface area contributed by atoms with Crippen LogP contribution in [0.2, 0.25) is 0 Å². The lowest BCUT2D eigenvalue weighted by atomic mass is 9.96. The van der Waals surface area contributed by atoms with Crippen molar-refractivity contribution in [3.63, 3.8) is 0 Å². The van der Waals surface area contributed by atoms with E-state index in [0.717, 1.165) is 54.4 Å². The second-order valence-corrected chi connectivity index (χ2v) is 5.73. The van der Waals surface area contributed by atoms with Crippen molar-refractivity contribution in [1.82, 2.24) is 35.3 Å². The minimum absolute atomic E-state index is 0.401. The molecule has 0 unspecified atom stereocenters. The van der Waals surface area contributed by atoms with Gasteiger partial charge in [0.15, 0.2) is 5.82 Å². The standard InChI is InChI=1S/C14H18N8/c1-22-6-3-9(4-7-22)13-17-10-8-16-21-12(10)14(19-13)18-11-2-5-15-20-11/h2,5,8-9H,3-4,6-7H2,1H3,(H,16,21)(H2,15,17,18,19,20). The van der Waals surface area contributed by atoms with Crippen LogP contribution in [0.1, 0.15) is 24.6 Å². The Kier molecular flexibility index (Phi) is 3.23. The molecule has 114 valence electrons. The van der Waals surface area contributed by atoms with E-state index < -0.39 is 0 Å².